The van der Waals surface area contributed by atoms with Crippen LogP contribution in [0.25, 0.3) is 33.6 Å². The Bertz CT molecular complexity index is 2090. The first-order chi connectivity index (χ1) is 28.2. The summed E-state index contributed by atoms with van der Waals surface area (Å²) in [6, 6.07) is 14.6. The zero-order chi connectivity index (χ0) is 42.7. The van der Waals surface area contributed by atoms with E-state index in [0.29, 0.717) is 11.7 Å². The first-order valence-corrected chi connectivity index (χ1v) is 20.8. The standard InChI is InChI=1S/C45H60N8O6/c1-11-29-21-37(53(28(29)8)43(55)39(25(4)5)51-45(57)59-10)41-47-23-35(49-41)33-18-14-31(15-19-33)30-12-16-32(17-13-30)34-22-46-40(48-34)36-20-26(6)27(7)52(36)42(54)38(24(2)3)50-44(56)58-9/h12-19,22-29,36-39H,11,20-21H2,1-10H3,(H,46,48)(H,47,49)(H,50,56)(H,51,57). The van der Waals surface area contributed by atoms with Crippen LogP contribution in [0.3, 0.4) is 0 Å². The highest BCUT2D eigenvalue weighted by Crippen LogP contribution is 2.42. The number of rotatable bonds is 12. The van der Waals surface area contributed by atoms with Crippen LogP contribution in [0.15, 0.2) is 60.9 Å². The first-order valence-electron chi connectivity index (χ1n) is 20.8. The van der Waals surface area contributed by atoms with Gasteiger partial charge in [0.1, 0.15) is 23.7 Å². The van der Waals surface area contributed by atoms with Crippen LogP contribution in [0.1, 0.15) is 98.4 Å². The number of hydrogen-bond donors (Lipinski definition) is 4. The number of carbonyl (C=O) groups excluding carboxylic acids is 4. The summed E-state index contributed by atoms with van der Waals surface area (Å²) in [6.45, 7) is 16.1. The van der Waals surface area contributed by atoms with Gasteiger partial charge in [-0.1, -0.05) is 96.5 Å². The SMILES string of the molecule is CCC1CC(c2ncc(-c3ccc(-c4ccc(-c5cnc(C6CC(C)C(C)N6C(=O)C(NC(=O)OC)C(C)C)[nH]5)cc4)cc3)[nH]2)N(C(=O)C(NC(=O)OC)C(C)C)C1C. The topological polar surface area (TPSA) is 175 Å². The van der Waals surface area contributed by atoms with E-state index in [0.717, 1.165) is 58.7 Å². The van der Waals surface area contributed by atoms with Crippen molar-refractivity contribution in [2.75, 3.05) is 14.2 Å². The summed E-state index contributed by atoms with van der Waals surface area (Å²) >= 11 is 0. The zero-order valence-electron chi connectivity index (χ0n) is 35.9. The van der Waals surface area contributed by atoms with Gasteiger partial charge in [0.05, 0.1) is 50.1 Å². The van der Waals surface area contributed by atoms with E-state index in [1.807, 2.05) is 56.8 Å². The Balaban J connectivity index is 1.16. The van der Waals surface area contributed by atoms with Gasteiger partial charge in [-0.25, -0.2) is 19.6 Å². The zero-order valence-corrected chi connectivity index (χ0v) is 35.9. The van der Waals surface area contributed by atoms with Gasteiger partial charge in [0.25, 0.3) is 0 Å². The summed E-state index contributed by atoms with van der Waals surface area (Å²) in [5.41, 5.74) is 5.76. The summed E-state index contributed by atoms with van der Waals surface area (Å²) in [4.78, 5) is 72.5. The highest BCUT2D eigenvalue weighted by Gasteiger charge is 2.46. The number of methoxy groups -OCH3 is 2. The number of alkyl carbamates (subject to hydrolysis) is 2. The lowest BCUT2D eigenvalue weighted by Gasteiger charge is -2.33. The molecule has 0 saturated carbocycles. The molecule has 0 aliphatic carbocycles. The van der Waals surface area contributed by atoms with Crippen LogP contribution in [-0.4, -0.2) is 92.1 Å². The highest BCUT2D eigenvalue weighted by molar-refractivity contribution is 5.87. The summed E-state index contributed by atoms with van der Waals surface area (Å²) in [6.07, 6.45) is 4.83. The monoisotopic (exact) mass is 808 g/mol. The van der Waals surface area contributed by atoms with Crippen molar-refractivity contribution in [2.24, 2.45) is 23.7 Å². The van der Waals surface area contributed by atoms with E-state index >= 15 is 0 Å². The number of H-pyrrole nitrogens is 2. The van der Waals surface area contributed by atoms with Crippen molar-refractivity contribution in [3.05, 3.63) is 72.6 Å². The molecule has 0 bridgehead atoms. The van der Waals surface area contributed by atoms with E-state index in [9.17, 15) is 19.2 Å². The van der Waals surface area contributed by atoms with Crippen LogP contribution in [-0.2, 0) is 19.1 Å². The third-order valence-electron chi connectivity index (χ3n) is 12.5. The Hall–Kier alpha value is -5.66. The number of nitrogens with zero attached hydrogens (tertiary/aromatic N) is 4. The number of benzene rings is 2. The van der Waals surface area contributed by atoms with Crippen LogP contribution in [0.4, 0.5) is 9.59 Å². The molecular weight excluding hydrogens is 749 g/mol. The number of ether oxygens (including phenoxy) is 2. The van der Waals surface area contributed by atoms with Crippen molar-refractivity contribution in [3.8, 4) is 33.6 Å². The Morgan fingerprint density at radius 1 is 0.661 bits per heavy atom. The molecule has 14 heteroatoms. The molecule has 2 aliphatic heterocycles. The summed E-state index contributed by atoms with van der Waals surface area (Å²) < 4.78 is 9.63. The quantitative estimate of drug-likeness (QED) is 0.112. The maximum absolute atomic E-state index is 14.0. The molecule has 2 fully saturated rings. The fourth-order valence-electron chi connectivity index (χ4n) is 8.74. The minimum absolute atomic E-state index is 0.0189. The predicted octanol–water partition coefficient (Wildman–Crippen LogP) is 7.88. The van der Waals surface area contributed by atoms with E-state index in [2.05, 4.69) is 89.9 Å². The van der Waals surface area contributed by atoms with Gasteiger partial charge in [-0.05, 0) is 72.6 Å². The number of likely N-dealkylation sites (tertiary alicyclic amines) is 2. The molecule has 0 radical (unpaired) electrons. The number of amides is 4. The maximum Gasteiger partial charge on any atom is 0.407 e. The Morgan fingerprint density at radius 3 is 1.44 bits per heavy atom. The van der Waals surface area contributed by atoms with Gasteiger partial charge < -0.3 is 39.9 Å². The second-order valence-corrected chi connectivity index (χ2v) is 16.9. The number of imidazole rings is 2. The molecule has 14 nitrogen and oxygen atoms in total. The van der Waals surface area contributed by atoms with E-state index in [-0.39, 0.29) is 53.7 Å². The molecule has 6 rings (SSSR count). The molecule has 2 saturated heterocycles. The first kappa shape index (κ1) is 42.9. The minimum Gasteiger partial charge on any atom is -0.453 e. The summed E-state index contributed by atoms with van der Waals surface area (Å²) in [5, 5.41) is 5.48. The van der Waals surface area contributed by atoms with E-state index < -0.39 is 24.3 Å². The van der Waals surface area contributed by atoms with E-state index in [1.165, 1.54) is 14.2 Å². The lowest BCUT2D eigenvalue weighted by atomic mass is 9.97. The van der Waals surface area contributed by atoms with Crippen molar-refractivity contribution in [3.63, 3.8) is 0 Å². The van der Waals surface area contributed by atoms with Gasteiger partial charge >= 0.3 is 12.2 Å². The van der Waals surface area contributed by atoms with Gasteiger partial charge in [0.15, 0.2) is 0 Å². The fraction of sp³-hybridized carbons (Fsp3) is 0.511. The molecule has 4 heterocycles. The second-order valence-electron chi connectivity index (χ2n) is 16.9. The summed E-state index contributed by atoms with van der Waals surface area (Å²) in [5.74, 6) is 1.45. The maximum atomic E-state index is 14.0. The Kier molecular flexibility index (Phi) is 13.2. The van der Waals surface area contributed by atoms with Gasteiger partial charge in [-0.15, -0.1) is 0 Å². The van der Waals surface area contributed by atoms with Crippen LogP contribution in [0.5, 0.6) is 0 Å². The molecule has 59 heavy (non-hydrogen) atoms. The van der Waals surface area contributed by atoms with Crippen LogP contribution >= 0.6 is 0 Å². The van der Waals surface area contributed by atoms with Crippen LogP contribution in [0, 0.1) is 23.7 Å². The van der Waals surface area contributed by atoms with Crippen molar-refractivity contribution in [1.82, 2.24) is 40.4 Å². The third-order valence-corrected chi connectivity index (χ3v) is 12.5. The molecule has 8 atom stereocenters. The van der Waals surface area contributed by atoms with Gasteiger partial charge in [-0.2, -0.15) is 0 Å². The predicted molar refractivity (Wildman–Crippen MR) is 226 cm³/mol. The van der Waals surface area contributed by atoms with Gasteiger partial charge in [-0.3, -0.25) is 9.59 Å². The second kappa shape index (κ2) is 18.1. The summed E-state index contributed by atoms with van der Waals surface area (Å²) in [7, 11) is 2.59. The lowest BCUT2D eigenvalue weighted by Crippen LogP contribution is -2.53. The van der Waals surface area contributed by atoms with Crippen molar-refractivity contribution < 1.29 is 28.7 Å². The molecule has 4 amide bonds. The Labute approximate surface area is 347 Å². The lowest BCUT2D eigenvalue weighted by molar-refractivity contribution is -0.138. The average Bonchev–Trinajstić information content (AvgIpc) is 4.04. The Morgan fingerprint density at radius 2 is 1.05 bits per heavy atom. The largest absolute Gasteiger partial charge is 0.453 e. The molecule has 2 aromatic carbocycles. The van der Waals surface area contributed by atoms with Gasteiger partial charge in [0.2, 0.25) is 11.8 Å². The molecule has 316 valence electrons. The van der Waals surface area contributed by atoms with Crippen molar-refractivity contribution in [2.45, 2.75) is 111 Å². The van der Waals surface area contributed by atoms with Crippen molar-refractivity contribution in [1.29, 1.82) is 0 Å². The molecule has 2 aromatic heterocycles. The van der Waals surface area contributed by atoms with E-state index in [1.54, 1.807) is 0 Å². The fourth-order valence-corrected chi connectivity index (χ4v) is 8.74. The molecule has 2 aliphatic rings. The molecule has 8 unspecified atom stereocenters. The molecule has 4 N–H and O–H groups in total. The van der Waals surface area contributed by atoms with Crippen LogP contribution < -0.4 is 10.6 Å². The molecular formula is C45H60N8O6. The number of aromatic nitrogens is 4. The normalized spacial score (nSPS) is 22.7. The van der Waals surface area contributed by atoms with E-state index in [4.69, 9.17) is 19.4 Å². The van der Waals surface area contributed by atoms with Crippen LogP contribution in [0.2, 0.25) is 0 Å². The number of hydrogen-bond acceptors (Lipinski definition) is 8. The number of carbonyl (C=O) groups is 4. The third kappa shape index (κ3) is 8.86. The van der Waals surface area contributed by atoms with Gasteiger partial charge in [0, 0.05) is 12.1 Å². The van der Waals surface area contributed by atoms with Crippen molar-refractivity contribution >= 4 is 24.0 Å². The minimum atomic E-state index is -0.717. The smallest absolute Gasteiger partial charge is 0.407 e. The highest BCUT2D eigenvalue weighted by atomic mass is 16.5. The number of aromatic amines is 2. The molecule has 0 spiro atoms. The average molecular weight is 809 g/mol. The molecule has 4 aromatic rings. The number of nitrogens with one attached hydrogen (secondary N) is 4.